The lowest BCUT2D eigenvalue weighted by molar-refractivity contribution is 0.0698. The number of carboxylic acid groups (broad SMARTS) is 1. The Kier molecular flexibility index (Phi) is 3.17. The fraction of sp³-hybridized carbons (Fsp3) is 0. The van der Waals surface area contributed by atoms with Gasteiger partial charge in [0.05, 0.1) is 16.3 Å². The molecule has 13 heavy (non-hydrogen) atoms. The molecule has 0 spiro atoms. The first-order valence-corrected chi connectivity index (χ1v) is 4.96. The van der Waals surface area contributed by atoms with Crippen molar-refractivity contribution in [3.63, 3.8) is 0 Å². The van der Waals surface area contributed by atoms with Crippen LogP contribution < -0.4 is 11.0 Å². The number of anilines is 1. The first-order chi connectivity index (χ1) is 5.95. The molecule has 6 heteroatoms. The molecule has 1 atom stereocenters. The van der Waals surface area contributed by atoms with Crippen molar-refractivity contribution in [2.75, 3.05) is 5.73 Å². The average molecular weight is 282 g/mol. The summed E-state index contributed by atoms with van der Waals surface area (Å²) in [5, 5.41) is 9.63. The van der Waals surface area contributed by atoms with Gasteiger partial charge in [-0.3, -0.25) is 0 Å². The molecule has 3 nitrogen and oxygen atoms in total. The molecule has 0 radical (unpaired) electrons. The number of rotatable bonds is 1. The molecule has 0 aromatic heterocycles. The van der Waals surface area contributed by atoms with E-state index >= 15 is 0 Å². The Bertz CT molecular complexity index is 383. The zero-order valence-corrected chi connectivity index (χ0v) is 9.84. The molecule has 0 heterocycles. The molecule has 0 saturated heterocycles. The minimum absolute atomic E-state index is 0.0122. The molecule has 1 aromatic carbocycles. The van der Waals surface area contributed by atoms with Crippen molar-refractivity contribution in [3.8, 4) is 0 Å². The number of hydrogen-bond donors (Lipinski definition) is 2. The molecule has 0 aliphatic carbocycles. The summed E-state index contributed by atoms with van der Waals surface area (Å²) in [5.74, 6) is -1.09. The van der Waals surface area contributed by atoms with Gasteiger partial charge in [-0.05, 0) is 22.0 Å². The van der Waals surface area contributed by atoms with E-state index in [0.717, 1.165) is 0 Å². The predicted molar refractivity (Wildman–Crippen MR) is 59.9 cm³/mol. The van der Waals surface area contributed by atoms with E-state index in [-0.39, 0.29) is 11.3 Å². The number of aromatic carboxylic acids is 1. The highest BCUT2D eigenvalue weighted by Crippen LogP contribution is 2.27. The number of carbonyl (C=O) groups is 1. The molecule has 3 N–H and O–H groups in total. The van der Waals surface area contributed by atoms with Gasteiger partial charge >= 0.3 is 5.97 Å². The Morgan fingerprint density at radius 1 is 1.69 bits per heavy atom. The normalized spacial score (nSPS) is 10.1. The third-order valence-electron chi connectivity index (χ3n) is 1.53. The van der Waals surface area contributed by atoms with Crippen LogP contribution in [0.4, 0.5) is 5.69 Å². The molecule has 1 rings (SSSR count). The van der Waals surface area contributed by atoms with Crippen molar-refractivity contribution in [3.05, 3.63) is 21.1 Å². The van der Waals surface area contributed by atoms with Crippen molar-refractivity contribution < 1.29 is 9.90 Å². The molecular formula is C7H6BrClNO2P. The Morgan fingerprint density at radius 3 is 2.69 bits per heavy atom. The summed E-state index contributed by atoms with van der Waals surface area (Å²) in [6.45, 7) is 0. The first kappa shape index (κ1) is 10.8. The highest BCUT2D eigenvalue weighted by atomic mass is 79.9. The lowest BCUT2D eigenvalue weighted by Crippen LogP contribution is -2.11. The maximum absolute atomic E-state index is 10.7. The van der Waals surface area contributed by atoms with Crippen LogP contribution in [0.1, 0.15) is 10.4 Å². The van der Waals surface area contributed by atoms with Gasteiger partial charge in [-0.1, -0.05) is 11.6 Å². The van der Waals surface area contributed by atoms with Crippen LogP contribution in [0.3, 0.4) is 0 Å². The Balaban J connectivity index is 3.50. The molecule has 1 aromatic rings. The number of nitrogens with two attached hydrogens (primary N) is 1. The van der Waals surface area contributed by atoms with Gasteiger partial charge in [0, 0.05) is 9.78 Å². The number of halogens is 2. The SMILES string of the molecule is Nc1c(C(=O)O)cc(Cl)c(Br)c1P. The smallest absolute Gasteiger partial charge is 0.337 e. The quantitative estimate of drug-likeness (QED) is 0.611. The summed E-state index contributed by atoms with van der Waals surface area (Å²) >= 11 is 8.94. The van der Waals surface area contributed by atoms with Gasteiger partial charge in [0.15, 0.2) is 0 Å². The van der Waals surface area contributed by atoms with Crippen molar-refractivity contribution in [1.82, 2.24) is 0 Å². The highest BCUT2D eigenvalue weighted by molar-refractivity contribution is 9.10. The van der Waals surface area contributed by atoms with E-state index in [1.807, 2.05) is 0 Å². The van der Waals surface area contributed by atoms with Crippen molar-refractivity contribution in [1.29, 1.82) is 0 Å². The van der Waals surface area contributed by atoms with E-state index in [0.29, 0.717) is 14.8 Å². The maximum atomic E-state index is 10.7. The number of hydrogen-bond acceptors (Lipinski definition) is 2. The van der Waals surface area contributed by atoms with Gasteiger partial charge < -0.3 is 10.8 Å². The van der Waals surface area contributed by atoms with Crippen LogP contribution in [0.25, 0.3) is 0 Å². The molecule has 1 unspecified atom stereocenters. The summed E-state index contributed by atoms with van der Waals surface area (Å²) in [5.41, 5.74) is 5.78. The lowest BCUT2D eigenvalue weighted by Gasteiger charge is -2.07. The number of nitrogen functional groups attached to an aromatic ring is 1. The van der Waals surface area contributed by atoms with Crippen LogP contribution in [0.2, 0.25) is 5.02 Å². The first-order valence-electron chi connectivity index (χ1n) is 3.21. The van der Waals surface area contributed by atoms with E-state index in [1.54, 1.807) is 0 Å². The molecule has 0 fully saturated rings. The number of carboxylic acids is 1. The second-order valence-electron chi connectivity index (χ2n) is 2.35. The Morgan fingerprint density at radius 2 is 2.23 bits per heavy atom. The van der Waals surface area contributed by atoms with Gasteiger partial charge in [0.25, 0.3) is 0 Å². The largest absolute Gasteiger partial charge is 0.478 e. The van der Waals surface area contributed by atoms with Crippen LogP contribution >= 0.6 is 36.8 Å². The van der Waals surface area contributed by atoms with Crippen LogP contribution in [0.5, 0.6) is 0 Å². The maximum Gasteiger partial charge on any atom is 0.337 e. The summed E-state index contributed by atoms with van der Waals surface area (Å²) in [6, 6.07) is 1.32. The minimum atomic E-state index is -1.09. The topological polar surface area (TPSA) is 63.3 Å². The van der Waals surface area contributed by atoms with Crippen molar-refractivity contribution in [2.24, 2.45) is 0 Å². The van der Waals surface area contributed by atoms with E-state index in [4.69, 9.17) is 22.4 Å². The van der Waals surface area contributed by atoms with Gasteiger partial charge in [-0.15, -0.1) is 9.24 Å². The van der Waals surface area contributed by atoms with E-state index in [1.165, 1.54) is 6.07 Å². The van der Waals surface area contributed by atoms with Crippen LogP contribution in [-0.4, -0.2) is 11.1 Å². The molecule has 70 valence electrons. The van der Waals surface area contributed by atoms with Gasteiger partial charge in [-0.2, -0.15) is 0 Å². The minimum Gasteiger partial charge on any atom is -0.478 e. The third-order valence-corrected chi connectivity index (χ3v) is 3.93. The molecule has 0 aliphatic heterocycles. The summed E-state index contributed by atoms with van der Waals surface area (Å²) in [6.07, 6.45) is 0. The van der Waals surface area contributed by atoms with Crippen LogP contribution in [0.15, 0.2) is 10.5 Å². The van der Waals surface area contributed by atoms with Gasteiger partial charge in [-0.25, -0.2) is 4.79 Å². The van der Waals surface area contributed by atoms with Crippen molar-refractivity contribution in [2.45, 2.75) is 0 Å². The highest BCUT2D eigenvalue weighted by Gasteiger charge is 2.14. The van der Waals surface area contributed by atoms with Gasteiger partial charge in [0.2, 0.25) is 0 Å². The Labute approximate surface area is 90.6 Å². The standard InChI is InChI=1S/C7H6BrClNO2P/c8-4-3(9)1-2(7(11)12)5(10)6(4)13/h1H,10,13H2,(H,11,12). The second-order valence-corrected chi connectivity index (χ2v) is 4.13. The number of benzene rings is 1. The van der Waals surface area contributed by atoms with E-state index in [9.17, 15) is 4.79 Å². The van der Waals surface area contributed by atoms with E-state index < -0.39 is 5.97 Å². The average Bonchev–Trinajstić information content (AvgIpc) is 2.07. The zero-order valence-electron chi connectivity index (χ0n) is 6.34. The summed E-state index contributed by atoms with van der Waals surface area (Å²) < 4.78 is 0.599. The third kappa shape index (κ3) is 1.96. The predicted octanol–water partition coefficient (Wildman–Crippen LogP) is 1.88. The zero-order chi connectivity index (χ0) is 10.2. The lowest BCUT2D eigenvalue weighted by atomic mass is 10.2. The van der Waals surface area contributed by atoms with Crippen LogP contribution in [0, 0.1) is 0 Å². The molecular weight excluding hydrogens is 276 g/mol. The fourth-order valence-corrected chi connectivity index (χ4v) is 1.78. The molecule has 0 bridgehead atoms. The summed E-state index contributed by atoms with van der Waals surface area (Å²) in [7, 11) is 2.34. The Hall–Kier alpha value is -0.310. The van der Waals surface area contributed by atoms with Crippen molar-refractivity contribution >= 4 is 53.7 Å². The van der Waals surface area contributed by atoms with Crippen LogP contribution in [-0.2, 0) is 0 Å². The monoisotopic (exact) mass is 281 g/mol. The van der Waals surface area contributed by atoms with E-state index in [2.05, 4.69) is 25.2 Å². The van der Waals surface area contributed by atoms with Gasteiger partial charge in [0.1, 0.15) is 0 Å². The molecule has 0 amide bonds. The summed E-state index contributed by atoms with van der Waals surface area (Å²) in [4.78, 5) is 10.7. The molecule has 0 aliphatic rings. The fourth-order valence-electron chi connectivity index (χ4n) is 0.837. The molecule has 0 saturated carbocycles. The second kappa shape index (κ2) is 3.82.